The highest BCUT2D eigenvalue weighted by molar-refractivity contribution is 9.10. The van der Waals surface area contributed by atoms with E-state index in [4.69, 9.17) is 0 Å². The van der Waals surface area contributed by atoms with Crippen molar-refractivity contribution < 1.29 is 13.2 Å². The number of hydrogen-bond donors (Lipinski definition) is 2. The van der Waals surface area contributed by atoms with Crippen molar-refractivity contribution in [3.63, 3.8) is 0 Å². The van der Waals surface area contributed by atoms with Crippen LogP contribution in [0.15, 0.2) is 82.2 Å². The van der Waals surface area contributed by atoms with Gasteiger partial charge < -0.3 is 5.32 Å². The minimum atomic E-state index is -3.82. The smallest absolute Gasteiger partial charge is 0.261 e. The van der Waals surface area contributed by atoms with Gasteiger partial charge in [0.2, 0.25) is 0 Å². The van der Waals surface area contributed by atoms with Gasteiger partial charge in [-0.05, 0) is 55.5 Å². The summed E-state index contributed by atoms with van der Waals surface area (Å²) in [5, 5.41) is 2.78. The lowest BCUT2D eigenvalue weighted by molar-refractivity contribution is 0.102. The standard InChI is InChI=1S/C20H17BrN2O3S/c1-14-6-10-16(11-7-14)22-20(24)18-4-2-3-5-19(18)23-27(25,26)17-12-8-15(21)9-13-17/h2-13,23H,1H3,(H,22,24). The Morgan fingerprint density at radius 2 is 1.52 bits per heavy atom. The Labute approximate surface area is 166 Å². The van der Waals surface area contributed by atoms with Gasteiger partial charge in [0.05, 0.1) is 16.1 Å². The van der Waals surface area contributed by atoms with Gasteiger partial charge in [-0.15, -0.1) is 0 Å². The molecule has 0 atom stereocenters. The Hall–Kier alpha value is -2.64. The topological polar surface area (TPSA) is 75.3 Å². The molecule has 138 valence electrons. The van der Waals surface area contributed by atoms with Crippen molar-refractivity contribution in [3.05, 3.63) is 88.4 Å². The van der Waals surface area contributed by atoms with E-state index < -0.39 is 15.9 Å². The van der Waals surface area contributed by atoms with Gasteiger partial charge in [0.1, 0.15) is 0 Å². The fourth-order valence-electron chi connectivity index (χ4n) is 2.42. The number of para-hydroxylation sites is 1. The number of rotatable bonds is 5. The van der Waals surface area contributed by atoms with Crippen molar-refractivity contribution in [1.82, 2.24) is 0 Å². The molecule has 3 rings (SSSR count). The predicted octanol–water partition coefficient (Wildman–Crippen LogP) is 4.81. The van der Waals surface area contributed by atoms with Gasteiger partial charge in [-0.25, -0.2) is 8.42 Å². The zero-order chi connectivity index (χ0) is 19.4. The summed E-state index contributed by atoms with van der Waals surface area (Å²) >= 11 is 3.28. The molecule has 0 unspecified atom stereocenters. The van der Waals surface area contributed by atoms with E-state index in [1.54, 1.807) is 48.5 Å². The fraction of sp³-hybridized carbons (Fsp3) is 0.0500. The van der Waals surface area contributed by atoms with E-state index in [0.717, 1.165) is 10.0 Å². The molecule has 0 aliphatic carbocycles. The Morgan fingerprint density at radius 3 is 2.19 bits per heavy atom. The highest BCUT2D eigenvalue weighted by Crippen LogP contribution is 2.22. The van der Waals surface area contributed by atoms with Gasteiger partial charge >= 0.3 is 0 Å². The Balaban J connectivity index is 1.86. The van der Waals surface area contributed by atoms with Crippen LogP contribution in [0.25, 0.3) is 0 Å². The van der Waals surface area contributed by atoms with Gasteiger partial charge in [0.25, 0.3) is 15.9 Å². The minimum absolute atomic E-state index is 0.111. The number of hydrogen-bond acceptors (Lipinski definition) is 3. The van der Waals surface area contributed by atoms with Crippen LogP contribution < -0.4 is 10.0 Å². The van der Waals surface area contributed by atoms with Gasteiger partial charge in [-0.1, -0.05) is 45.8 Å². The van der Waals surface area contributed by atoms with Crippen LogP contribution in [0.5, 0.6) is 0 Å². The monoisotopic (exact) mass is 444 g/mol. The van der Waals surface area contributed by atoms with E-state index in [-0.39, 0.29) is 16.1 Å². The van der Waals surface area contributed by atoms with Crippen molar-refractivity contribution >= 4 is 43.2 Å². The average molecular weight is 445 g/mol. The number of benzene rings is 3. The number of carbonyl (C=O) groups excluding carboxylic acids is 1. The summed E-state index contributed by atoms with van der Waals surface area (Å²) in [5.41, 5.74) is 2.16. The summed E-state index contributed by atoms with van der Waals surface area (Å²) in [7, 11) is -3.82. The summed E-state index contributed by atoms with van der Waals surface area (Å²) in [5.74, 6) is -0.395. The highest BCUT2D eigenvalue weighted by atomic mass is 79.9. The van der Waals surface area contributed by atoms with Crippen LogP contribution >= 0.6 is 15.9 Å². The highest BCUT2D eigenvalue weighted by Gasteiger charge is 2.18. The lowest BCUT2D eigenvalue weighted by Gasteiger charge is -2.13. The molecule has 0 radical (unpaired) electrons. The zero-order valence-corrected chi connectivity index (χ0v) is 16.8. The Bertz CT molecular complexity index is 1060. The van der Waals surface area contributed by atoms with Crippen LogP contribution in [0.3, 0.4) is 0 Å². The first-order valence-electron chi connectivity index (χ1n) is 8.10. The molecule has 0 saturated heterocycles. The first-order chi connectivity index (χ1) is 12.8. The second-order valence-corrected chi connectivity index (χ2v) is 8.52. The predicted molar refractivity (Wildman–Crippen MR) is 111 cm³/mol. The number of halogens is 1. The molecule has 27 heavy (non-hydrogen) atoms. The molecule has 5 nitrogen and oxygen atoms in total. The van der Waals surface area contributed by atoms with Crippen molar-refractivity contribution in [2.24, 2.45) is 0 Å². The molecule has 3 aromatic rings. The molecule has 0 bridgehead atoms. The maximum atomic E-state index is 12.6. The second kappa shape index (κ2) is 7.94. The van der Waals surface area contributed by atoms with E-state index in [0.29, 0.717) is 5.69 Å². The SMILES string of the molecule is Cc1ccc(NC(=O)c2ccccc2NS(=O)(=O)c2ccc(Br)cc2)cc1. The molecular weight excluding hydrogens is 428 g/mol. The van der Waals surface area contributed by atoms with Crippen LogP contribution in [0, 0.1) is 6.92 Å². The average Bonchev–Trinajstić information content (AvgIpc) is 2.64. The largest absolute Gasteiger partial charge is 0.322 e. The van der Waals surface area contributed by atoms with E-state index in [1.807, 2.05) is 19.1 Å². The summed E-state index contributed by atoms with van der Waals surface area (Å²) in [6, 6.07) is 20.1. The number of aryl methyl sites for hydroxylation is 1. The van der Waals surface area contributed by atoms with E-state index in [9.17, 15) is 13.2 Å². The van der Waals surface area contributed by atoms with Gasteiger partial charge in [-0.2, -0.15) is 0 Å². The summed E-state index contributed by atoms with van der Waals surface area (Å²) in [4.78, 5) is 12.7. The molecule has 0 fully saturated rings. The van der Waals surface area contributed by atoms with Crippen molar-refractivity contribution in [3.8, 4) is 0 Å². The summed E-state index contributed by atoms with van der Waals surface area (Å²) in [6.07, 6.45) is 0. The molecule has 0 aliphatic rings. The normalized spacial score (nSPS) is 11.0. The molecule has 0 spiro atoms. The van der Waals surface area contributed by atoms with Crippen LogP contribution in [-0.4, -0.2) is 14.3 Å². The zero-order valence-electron chi connectivity index (χ0n) is 14.4. The van der Waals surface area contributed by atoms with E-state index in [1.165, 1.54) is 12.1 Å². The quantitative estimate of drug-likeness (QED) is 0.592. The third kappa shape index (κ3) is 4.75. The van der Waals surface area contributed by atoms with Gasteiger partial charge in [-0.3, -0.25) is 9.52 Å². The van der Waals surface area contributed by atoms with Crippen molar-refractivity contribution in [2.45, 2.75) is 11.8 Å². The molecule has 1 amide bonds. The molecular formula is C20H17BrN2O3S. The lowest BCUT2D eigenvalue weighted by atomic mass is 10.1. The van der Waals surface area contributed by atoms with Crippen molar-refractivity contribution in [1.29, 1.82) is 0 Å². The molecule has 0 aliphatic heterocycles. The number of amides is 1. The molecule has 3 aromatic carbocycles. The third-order valence-electron chi connectivity index (χ3n) is 3.85. The summed E-state index contributed by atoms with van der Waals surface area (Å²) < 4.78 is 28.5. The number of anilines is 2. The molecule has 2 N–H and O–H groups in total. The Kier molecular flexibility index (Phi) is 5.62. The first-order valence-corrected chi connectivity index (χ1v) is 10.4. The Morgan fingerprint density at radius 1 is 0.889 bits per heavy atom. The van der Waals surface area contributed by atoms with E-state index >= 15 is 0 Å². The maximum absolute atomic E-state index is 12.6. The molecule has 0 saturated carbocycles. The third-order valence-corrected chi connectivity index (χ3v) is 5.76. The van der Waals surface area contributed by atoms with Gasteiger partial charge in [0.15, 0.2) is 0 Å². The fourth-order valence-corrected chi connectivity index (χ4v) is 3.77. The number of nitrogens with one attached hydrogen (secondary N) is 2. The number of carbonyl (C=O) groups is 1. The van der Waals surface area contributed by atoms with Crippen LogP contribution in [0.2, 0.25) is 0 Å². The van der Waals surface area contributed by atoms with Crippen molar-refractivity contribution in [2.75, 3.05) is 10.0 Å². The molecule has 0 aromatic heterocycles. The van der Waals surface area contributed by atoms with Crippen LogP contribution in [-0.2, 0) is 10.0 Å². The first kappa shape index (κ1) is 19.1. The van der Waals surface area contributed by atoms with Gasteiger partial charge in [0, 0.05) is 10.2 Å². The lowest BCUT2D eigenvalue weighted by Crippen LogP contribution is -2.18. The van der Waals surface area contributed by atoms with E-state index in [2.05, 4.69) is 26.0 Å². The maximum Gasteiger partial charge on any atom is 0.261 e. The molecule has 7 heteroatoms. The minimum Gasteiger partial charge on any atom is -0.322 e. The second-order valence-electron chi connectivity index (χ2n) is 5.93. The summed E-state index contributed by atoms with van der Waals surface area (Å²) in [6.45, 7) is 1.96. The molecule has 0 heterocycles. The van der Waals surface area contributed by atoms with Crippen LogP contribution in [0.4, 0.5) is 11.4 Å². The number of sulfonamides is 1. The van der Waals surface area contributed by atoms with Crippen LogP contribution in [0.1, 0.15) is 15.9 Å².